The minimum Gasteiger partial charge on any atom is -0.497 e. The molecule has 4 rings (SSSR count). The van der Waals surface area contributed by atoms with Crippen molar-refractivity contribution in [1.29, 1.82) is 0 Å². The van der Waals surface area contributed by atoms with Gasteiger partial charge in [-0.2, -0.15) is 0 Å². The van der Waals surface area contributed by atoms with Crippen molar-refractivity contribution in [2.75, 3.05) is 36.5 Å². The normalized spacial score (nSPS) is 16.2. The van der Waals surface area contributed by atoms with E-state index in [0.717, 1.165) is 43.1 Å². The van der Waals surface area contributed by atoms with Gasteiger partial charge < -0.3 is 14.5 Å². The minimum atomic E-state index is 0.165. The summed E-state index contributed by atoms with van der Waals surface area (Å²) in [6, 6.07) is 14.3. The van der Waals surface area contributed by atoms with Crippen LogP contribution in [0.25, 0.3) is 0 Å². The first-order chi connectivity index (χ1) is 12.2. The average Bonchev–Trinajstić information content (AvgIpc) is 3.31. The van der Waals surface area contributed by atoms with Crippen LogP contribution < -0.4 is 14.5 Å². The molecule has 130 valence electrons. The van der Waals surface area contributed by atoms with E-state index in [1.807, 2.05) is 29.2 Å². The van der Waals surface area contributed by atoms with Crippen molar-refractivity contribution >= 4 is 17.3 Å². The number of ether oxygens (including phenoxy) is 1. The minimum absolute atomic E-state index is 0.165. The third-order valence-corrected chi connectivity index (χ3v) is 5.25. The lowest BCUT2D eigenvalue weighted by molar-refractivity contribution is -0.117. The molecule has 2 heterocycles. The second-order valence-corrected chi connectivity index (χ2v) is 6.83. The van der Waals surface area contributed by atoms with Crippen molar-refractivity contribution in [3.8, 4) is 5.75 Å². The maximum atomic E-state index is 12.8. The molecule has 25 heavy (non-hydrogen) atoms. The Balaban J connectivity index is 1.48. The molecule has 0 spiro atoms. The Kier molecular flexibility index (Phi) is 4.35. The summed E-state index contributed by atoms with van der Waals surface area (Å²) in [7, 11) is 1.65. The number of fused-ring (bicyclic) bond motifs is 1. The Morgan fingerprint density at radius 2 is 1.80 bits per heavy atom. The number of benzene rings is 2. The smallest absolute Gasteiger partial charge is 0.231 e. The van der Waals surface area contributed by atoms with Crippen molar-refractivity contribution in [3.63, 3.8) is 0 Å². The molecule has 2 aliphatic heterocycles. The van der Waals surface area contributed by atoms with Crippen LogP contribution in [0.5, 0.6) is 5.75 Å². The second kappa shape index (κ2) is 6.79. The van der Waals surface area contributed by atoms with Gasteiger partial charge >= 0.3 is 0 Å². The van der Waals surface area contributed by atoms with Crippen LogP contribution in [0.15, 0.2) is 42.5 Å². The Labute approximate surface area is 149 Å². The molecule has 4 nitrogen and oxygen atoms in total. The quantitative estimate of drug-likeness (QED) is 0.857. The number of carbonyl (C=O) groups excluding carboxylic acids is 1. The van der Waals surface area contributed by atoms with Gasteiger partial charge in [-0.3, -0.25) is 4.79 Å². The van der Waals surface area contributed by atoms with Gasteiger partial charge in [0.25, 0.3) is 0 Å². The highest BCUT2D eigenvalue weighted by molar-refractivity contribution is 5.97. The fourth-order valence-electron chi connectivity index (χ4n) is 3.83. The fourth-order valence-corrected chi connectivity index (χ4v) is 3.83. The molecule has 1 amide bonds. The summed E-state index contributed by atoms with van der Waals surface area (Å²) in [4.78, 5) is 17.1. The predicted molar refractivity (Wildman–Crippen MR) is 101 cm³/mol. The molecule has 0 radical (unpaired) electrons. The van der Waals surface area contributed by atoms with Crippen LogP contribution in [0, 0.1) is 0 Å². The number of amides is 1. The molecule has 0 bridgehead atoms. The van der Waals surface area contributed by atoms with E-state index in [9.17, 15) is 4.79 Å². The van der Waals surface area contributed by atoms with E-state index in [-0.39, 0.29) is 5.91 Å². The Bertz CT molecular complexity index is 764. The molecule has 1 fully saturated rings. The lowest BCUT2D eigenvalue weighted by Gasteiger charge is -2.21. The van der Waals surface area contributed by atoms with Crippen LogP contribution in [-0.2, 0) is 17.6 Å². The van der Waals surface area contributed by atoms with Crippen LogP contribution in [0.4, 0.5) is 11.4 Å². The molecule has 0 N–H and O–H groups in total. The van der Waals surface area contributed by atoms with Gasteiger partial charge in [0.2, 0.25) is 5.91 Å². The zero-order valence-corrected chi connectivity index (χ0v) is 14.7. The highest BCUT2D eigenvalue weighted by atomic mass is 16.5. The first-order valence-electron chi connectivity index (χ1n) is 9.06. The van der Waals surface area contributed by atoms with E-state index in [4.69, 9.17) is 4.74 Å². The molecule has 2 aromatic rings. The summed E-state index contributed by atoms with van der Waals surface area (Å²) >= 11 is 0. The van der Waals surface area contributed by atoms with E-state index >= 15 is 0 Å². The largest absolute Gasteiger partial charge is 0.497 e. The van der Waals surface area contributed by atoms with E-state index < -0.39 is 0 Å². The van der Waals surface area contributed by atoms with Crippen LogP contribution in [0.2, 0.25) is 0 Å². The fraction of sp³-hybridized carbons (Fsp3) is 0.381. The summed E-state index contributed by atoms with van der Waals surface area (Å²) in [5.41, 5.74) is 4.71. The van der Waals surface area contributed by atoms with Gasteiger partial charge in [0.05, 0.1) is 13.5 Å². The monoisotopic (exact) mass is 336 g/mol. The molecular weight excluding hydrogens is 312 g/mol. The highest BCUT2D eigenvalue weighted by Gasteiger charge is 2.25. The van der Waals surface area contributed by atoms with Gasteiger partial charge in [-0.05, 0) is 60.7 Å². The zero-order chi connectivity index (χ0) is 17.2. The summed E-state index contributed by atoms with van der Waals surface area (Å²) in [6.45, 7) is 3.09. The molecule has 0 aliphatic carbocycles. The van der Waals surface area contributed by atoms with Crippen molar-refractivity contribution < 1.29 is 9.53 Å². The summed E-state index contributed by atoms with van der Waals surface area (Å²) in [5.74, 6) is 0.981. The zero-order valence-electron chi connectivity index (χ0n) is 14.7. The van der Waals surface area contributed by atoms with Gasteiger partial charge in [-0.15, -0.1) is 0 Å². The summed E-state index contributed by atoms with van der Waals surface area (Å²) < 4.78 is 5.17. The van der Waals surface area contributed by atoms with Crippen LogP contribution in [0.1, 0.15) is 24.0 Å². The van der Waals surface area contributed by atoms with E-state index in [1.54, 1.807) is 7.11 Å². The molecular formula is C21H24N2O2. The van der Waals surface area contributed by atoms with Crippen molar-refractivity contribution in [3.05, 3.63) is 53.6 Å². The van der Waals surface area contributed by atoms with E-state index in [0.29, 0.717) is 6.42 Å². The molecule has 0 saturated carbocycles. The number of hydrogen-bond donors (Lipinski definition) is 0. The van der Waals surface area contributed by atoms with Gasteiger partial charge in [-0.25, -0.2) is 0 Å². The van der Waals surface area contributed by atoms with Gasteiger partial charge in [-0.1, -0.05) is 12.1 Å². The molecule has 1 saturated heterocycles. The standard InChI is InChI=1S/C21H24N2O2/c1-25-19-7-4-16(5-8-19)14-21(24)23-13-10-17-15-18(6-9-20(17)23)22-11-2-3-12-22/h4-9,15H,2-3,10-14H2,1H3. The lowest BCUT2D eigenvalue weighted by atomic mass is 10.1. The predicted octanol–water partition coefficient (Wildman–Crippen LogP) is 3.43. The first kappa shape index (κ1) is 16.0. The van der Waals surface area contributed by atoms with E-state index in [1.165, 1.54) is 24.1 Å². The molecule has 0 aromatic heterocycles. The van der Waals surface area contributed by atoms with Crippen molar-refractivity contribution in [2.45, 2.75) is 25.7 Å². The summed E-state index contributed by atoms with van der Waals surface area (Å²) in [6.07, 6.45) is 3.94. The molecule has 0 unspecified atom stereocenters. The van der Waals surface area contributed by atoms with Crippen LogP contribution in [-0.4, -0.2) is 32.7 Å². The number of hydrogen-bond acceptors (Lipinski definition) is 3. The molecule has 2 aromatic carbocycles. The Morgan fingerprint density at radius 1 is 1.04 bits per heavy atom. The second-order valence-electron chi connectivity index (χ2n) is 6.83. The van der Waals surface area contributed by atoms with Gasteiger partial charge in [0.15, 0.2) is 0 Å². The molecule has 0 atom stereocenters. The third-order valence-electron chi connectivity index (χ3n) is 5.25. The van der Waals surface area contributed by atoms with Gasteiger partial charge in [0, 0.05) is 31.0 Å². The number of methoxy groups -OCH3 is 1. The van der Waals surface area contributed by atoms with Crippen molar-refractivity contribution in [1.82, 2.24) is 0 Å². The van der Waals surface area contributed by atoms with E-state index in [2.05, 4.69) is 23.1 Å². The Morgan fingerprint density at radius 3 is 2.52 bits per heavy atom. The lowest BCUT2D eigenvalue weighted by Crippen LogP contribution is -2.30. The topological polar surface area (TPSA) is 32.8 Å². The number of nitrogens with zero attached hydrogens (tertiary/aromatic N) is 2. The average molecular weight is 336 g/mol. The number of rotatable bonds is 4. The highest BCUT2D eigenvalue weighted by Crippen LogP contribution is 2.33. The maximum absolute atomic E-state index is 12.8. The molecule has 2 aliphatic rings. The molecule has 4 heteroatoms. The van der Waals surface area contributed by atoms with Gasteiger partial charge in [0.1, 0.15) is 5.75 Å². The Hall–Kier alpha value is -2.49. The first-order valence-corrected chi connectivity index (χ1v) is 9.06. The number of carbonyl (C=O) groups is 1. The van der Waals surface area contributed by atoms with Crippen molar-refractivity contribution in [2.24, 2.45) is 0 Å². The third kappa shape index (κ3) is 3.21. The number of anilines is 2. The van der Waals surface area contributed by atoms with Crippen LogP contribution in [0.3, 0.4) is 0 Å². The van der Waals surface area contributed by atoms with Crippen LogP contribution >= 0.6 is 0 Å². The summed E-state index contributed by atoms with van der Waals surface area (Å²) in [5, 5.41) is 0. The maximum Gasteiger partial charge on any atom is 0.231 e. The SMILES string of the molecule is COc1ccc(CC(=O)N2CCc3cc(N4CCCC4)ccc32)cc1.